The van der Waals surface area contributed by atoms with Gasteiger partial charge >= 0.3 is 5.97 Å². The van der Waals surface area contributed by atoms with Gasteiger partial charge in [-0.3, -0.25) is 13.8 Å². The monoisotopic (exact) mass is 451 g/mol. The van der Waals surface area contributed by atoms with E-state index in [-0.39, 0.29) is 29.2 Å². The van der Waals surface area contributed by atoms with Crippen molar-refractivity contribution in [1.82, 2.24) is 23.9 Å². The van der Waals surface area contributed by atoms with E-state index in [0.717, 1.165) is 0 Å². The first-order valence-electron chi connectivity index (χ1n) is 9.35. The number of terminal acetylenes is 1. The molecule has 0 aliphatic rings. The number of aryl methyl sites for hydroxylation is 1. The Labute approximate surface area is 182 Å². The summed E-state index contributed by atoms with van der Waals surface area (Å²) in [5.74, 6) is 2.04. The van der Waals surface area contributed by atoms with Crippen molar-refractivity contribution in [2.75, 3.05) is 6.54 Å². The molecule has 0 aliphatic carbocycles. The van der Waals surface area contributed by atoms with Crippen molar-refractivity contribution in [3.63, 3.8) is 0 Å². The Hall–Kier alpha value is -4.01. The Balaban J connectivity index is 1.63. The number of ether oxygens (including phenoxy) is 1. The van der Waals surface area contributed by atoms with Crippen LogP contribution in [-0.2, 0) is 28.4 Å². The second kappa shape index (κ2) is 8.26. The third-order valence-electron chi connectivity index (χ3n) is 4.77. The van der Waals surface area contributed by atoms with Gasteiger partial charge in [-0.2, -0.15) is 4.72 Å². The summed E-state index contributed by atoms with van der Waals surface area (Å²) in [7, 11) is -2.28. The molecule has 0 amide bonds. The molecule has 0 saturated carbocycles. The maximum atomic E-state index is 12.6. The molecule has 0 spiro atoms. The highest BCUT2D eigenvalue weighted by Crippen LogP contribution is 2.16. The zero-order valence-corrected chi connectivity index (χ0v) is 17.7. The van der Waals surface area contributed by atoms with Gasteiger partial charge in [0.25, 0.3) is 5.56 Å². The minimum atomic E-state index is -3.86. The molecule has 11 heteroatoms. The molecule has 1 N–H and O–H groups in total. The Bertz CT molecular complexity index is 1560. The fourth-order valence-corrected chi connectivity index (χ4v) is 4.19. The van der Waals surface area contributed by atoms with E-state index < -0.39 is 16.0 Å². The largest absolute Gasteiger partial charge is 0.454 e. The number of benzene rings is 2. The molecule has 0 radical (unpaired) electrons. The molecule has 2 aromatic heterocycles. The summed E-state index contributed by atoms with van der Waals surface area (Å²) in [4.78, 5) is 25.0. The van der Waals surface area contributed by atoms with Crippen LogP contribution in [0.1, 0.15) is 16.2 Å². The normalized spacial score (nSPS) is 11.5. The highest BCUT2D eigenvalue weighted by molar-refractivity contribution is 7.89. The second-order valence-electron chi connectivity index (χ2n) is 6.77. The van der Waals surface area contributed by atoms with Gasteiger partial charge in [-0.25, -0.2) is 13.2 Å². The summed E-state index contributed by atoms with van der Waals surface area (Å²) < 4.78 is 35.0. The molecular weight excluding hydrogens is 434 g/mol. The van der Waals surface area contributed by atoms with E-state index in [2.05, 4.69) is 20.8 Å². The van der Waals surface area contributed by atoms with Crippen LogP contribution in [0, 0.1) is 12.3 Å². The first-order valence-corrected chi connectivity index (χ1v) is 10.8. The van der Waals surface area contributed by atoms with Crippen molar-refractivity contribution in [2.24, 2.45) is 7.05 Å². The molecule has 0 fully saturated rings. The highest BCUT2D eigenvalue weighted by atomic mass is 32.2. The van der Waals surface area contributed by atoms with Gasteiger partial charge in [-0.05, 0) is 30.3 Å². The van der Waals surface area contributed by atoms with Gasteiger partial charge in [0.15, 0.2) is 12.4 Å². The number of fused-ring (bicyclic) bond motifs is 3. The van der Waals surface area contributed by atoms with Gasteiger partial charge in [0.05, 0.1) is 27.9 Å². The average molecular weight is 451 g/mol. The van der Waals surface area contributed by atoms with Gasteiger partial charge in [0.1, 0.15) is 0 Å². The van der Waals surface area contributed by atoms with Crippen molar-refractivity contribution in [2.45, 2.75) is 11.5 Å². The molecule has 2 heterocycles. The lowest BCUT2D eigenvalue weighted by molar-refractivity contribution is 0.0461. The molecule has 4 rings (SSSR count). The number of hydrogen-bond donors (Lipinski definition) is 1. The van der Waals surface area contributed by atoms with Crippen LogP contribution >= 0.6 is 0 Å². The summed E-state index contributed by atoms with van der Waals surface area (Å²) in [6.45, 7) is -0.415. The summed E-state index contributed by atoms with van der Waals surface area (Å²) >= 11 is 0. The Morgan fingerprint density at radius 2 is 1.97 bits per heavy atom. The van der Waals surface area contributed by atoms with Crippen LogP contribution in [0.25, 0.3) is 16.7 Å². The number of nitrogens with one attached hydrogen (secondary N) is 1. The number of carbonyl (C=O) groups is 1. The SMILES string of the molecule is C#CCNS(=O)(=O)c1cccc(C(=O)OCc2nnc3n(C)c(=O)c4ccccc4n23)c1. The summed E-state index contributed by atoms with van der Waals surface area (Å²) in [5.41, 5.74) is 0.398. The predicted octanol–water partition coefficient (Wildman–Crippen LogP) is 0.850. The Kier molecular flexibility index (Phi) is 5.48. The topological polar surface area (TPSA) is 125 Å². The minimum Gasteiger partial charge on any atom is -0.454 e. The van der Waals surface area contributed by atoms with E-state index in [4.69, 9.17) is 11.2 Å². The maximum absolute atomic E-state index is 12.6. The first-order chi connectivity index (χ1) is 15.3. The Morgan fingerprint density at radius 1 is 1.19 bits per heavy atom. The van der Waals surface area contributed by atoms with Crippen LogP contribution in [0.5, 0.6) is 0 Å². The fourth-order valence-electron chi connectivity index (χ4n) is 3.21. The van der Waals surface area contributed by atoms with Crippen molar-refractivity contribution >= 4 is 32.7 Å². The molecule has 162 valence electrons. The first kappa shape index (κ1) is 21.2. The number of nitrogens with zero attached hydrogens (tertiary/aromatic N) is 4. The van der Waals surface area contributed by atoms with Gasteiger partial charge < -0.3 is 4.74 Å². The van der Waals surface area contributed by atoms with Crippen LogP contribution in [0.15, 0.2) is 58.2 Å². The smallest absolute Gasteiger partial charge is 0.338 e. The lowest BCUT2D eigenvalue weighted by atomic mass is 10.2. The zero-order chi connectivity index (χ0) is 22.9. The lowest BCUT2D eigenvalue weighted by Gasteiger charge is -2.09. The third-order valence-corrected chi connectivity index (χ3v) is 6.17. The van der Waals surface area contributed by atoms with Crippen molar-refractivity contribution in [3.8, 4) is 12.3 Å². The van der Waals surface area contributed by atoms with Crippen LogP contribution in [-0.4, -0.2) is 40.1 Å². The summed E-state index contributed by atoms with van der Waals surface area (Å²) in [6, 6.07) is 12.4. The van der Waals surface area contributed by atoms with E-state index in [1.165, 1.54) is 28.8 Å². The van der Waals surface area contributed by atoms with Crippen molar-refractivity contribution in [1.29, 1.82) is 0 Å². The summed E-state index contributed by atoms with van der Waals surface area (Å²) in [6.07, 6.45) is 5.09. The van der Waals surface area contributed by atoms with Crippen LogP contribution in [0.3, 0.4) is 0 Å². The highest BCUT2D eigenvalue weighted by Gasteiger charge is 2.18. The Morgan fingerprint density at radius 3 is 2.75 bits per heavy atom. The molecule has 10 nitrogen and oxygen atoms in total. The predicted molar refractivity (Wildman–Crippen MR) is 115 cm³/mol. The second-order valence-corrected chi connectivity index (χ2v) is 8.53. The number of hydrogen-bond acceptors (Lipinski definition) is 7. The van der Waals surface area contributed by atoms with Crippen LogP contribution < -0.4 is 10.3 Å². The molecule has 0 bridgehead atoms. The number of sulfonamides is 1. The maximum Gasteiger partial charge on any atom is 0.338 e. The van der Waals surface area contributed by atoms with Gasteiger partial charge in [0, 0.05) is 7.05 Å². The molecule has 4 aromatic rings. The van der Waals surface area contributed by atoms with Gasteiger partial charge in [-0.1, -0.05) is 24.1 Å². The standard InChI is InChI=1S/C21H17N5O5S/c1-3-11-22-32(29,30)15-8-6-7-14(12-15)20(28)31-13-18-23-24-21-25(2)19(27)16-9-4-5-10-17(16)26(18)21/h1,4-10,12,22H,11,13H2,2H3. The van der Waals surface area contributed by atoms with E-state index in [1.54, 1.807) is 35.7 Å². The molecule has 32 heavy (non-hydrogen) atoms. The van der Waals surface area contributed by atoms with E-state index in [1.807, 2.05) is 0 Å². The number of para-hydroxylation sites is 1. The zero-order valence-electron chi connectivity index (χ0n) is 16.8. The summed E-state index contributed by atoms with van der Waals surface area (Å²) in [5, 5.41) is 8.56. The van der Waals surface area contributed by atoms with Gasteiger partial charge in [0.2, 0.25) is 15.8 Å². The molecule has 0 aliphatic heterocycles. The van der Waals surface area contributed by atoms with E-state index in [9.17, 15) is 18.0 Å². The minimum absolute atomic E-state index is 0.0414. The fraction of sp³-hybridized carbons (Fsp3) is 0.143. The van der Waals surface area contributed by atoms with Crippen molar-refractivity contribution in [3.05, 3.63) is 70.3 Å². The van der Waals surface area contributed by atoms with Crippen LogP contribution in [0.4, 0.5) is 0 Å². The quantitative estimate of drug-likeness (QED) is 0.340. The molecule has 0 unspecified atom stereocenters. The number of rotatable bonds is 6. The van der Waals surface area contributed by atoms with Crippen molar-refractivity contribution < 1.29 is 17.9 Å². The molecule has 0 atom stereocenters. The van der Waals surface area contributed by atoms with Crippen LogP contribution in [0.2, 0.25) is 0 Å². The molecule has 0 saturated heterocycles. The van der Waals surface area contributed by atoms with E-state index >= 15 is 0 Å². The lowest BCUT2D eigenvalue weighted by Crippen LogP contribution is -2.24. The number of aromatic nitrogens is 4. The number of carbonyl (C=O) groups excluding carboxylic acids is 1. The average Bonchev–Trinajstić information content (AvgIpc) is 3.24. The van der Waals surface area contributed by atoms with E-state index in [0.29, 0.717) is 22.5 Å². The molecular formula is C21H17N5O5S. The number of esters is 1. The van der Waals surface area contributed by atoms with Gasteiger partial charge in [-0.15, -0.1) is 16.6 Å². The third kappa shape index (κ3) is 3.73. The molecule has 2 aromatic carbocycles.